The summed E-state index contributed by atoms with van der Waals surface area (Å²) in [5.41, 5.74) is -1.29. The van der Waals surface area contributed by atoms with Crippen LogP contribution in [-0.2, 0) is 19.7 Å². The van der Waals surface area contributed by atoms with Gasteiger partial charge in [-0.3, -0.25) is 9.59 Å². The van der Waals surface area contributed by atoms with Crippen LogP contribution in [0.3, 0.4) is 0 Å². The summed E-state index contributed by atoms with van der Waals surface area (Å²) in [4.78, 5) is 23.1. The van der Waals surface area contributed by atoms with E-state index in [2.05, 4.69) is 15.9 Å². The Morgan fingerprint density at radius 3 is 2.59 bits per heavy atom. The molecule has 0 radical (unpaired) electrons. The number of carbonyl (C=O) groups is 2. The molecule has 0 aliphatic heterocycles. The van der Waals surface area contributed by atoms with Crippen LogP contribution in [0.5, 0.6) is 0 Å². The molecule has 17 heavy (non-hydrogen) atoms. The van der Waals surface area contributed by atoms with Crippen LogP contribution in [0.1, 0.15) is 19.4 Å². The zero-order chi connectivity index (χ0) is 13.1. The average Bonchev–Trinajstić information content (AvgIpc) is 2.27. The maximum Gasteiger partial charge on any atom is 0.327 e. The molecule has 0 saturated heterocycles. The molecule has 0 spiro atoms. The Kier molecular flexibility index (Phi) is 4.28. The molecule has 92 valence electrons. The van der Waals surface area contributed by atoms with Crippen molar-refractivity contribution in [2.45, 2.75) is 19.3 Å². The van der Waals surface area contributed by atoms with Crippen molar-refractivity contribution in [1.82, 2.24) is 0 Å². The molecule has 1 aromatic carbocycles. The first-order valence-electron chi connectivity index (χ1n) is 5.09. The number of hydrogen-bond donors (Lipinski definition) is 1. The fourth-order valence-electron chi connectivity index (χ4n) is 1.40. The maximum absolute atomic E-state index is 11.8. The van der Waals surface area contributed by atoms with Gasteiger partial charge in [-0.25, -0.2) is 0 Å². The molecule has 0 amide bonds. The van der Waals surface area contributed by atoms with E-state index in [0.717, 1.165) is 0 Å². The van der Waals surface area contributed by atoms with Gasteiger partial charge in [-0.1, -0.05) is 28.1 Å². The Labute approximate surface area is 108 Å². The smallest absolute Gasteiger partial charge is 0.327 e. The van der Waals surface area contributed by atoms with E-state index >= 15 is 0 Å². The van der Waals surface area contributed by atoms with Crippen LogP contribution < -0.4 is 0 Å². The molecule has 0 fully saturated rings. The van der Waals surface area contributed by atoms with Crippen LogP contribution in [0.2, 0.25) is 0 Å². The van der Waals surface area contributed by atoms with Crippen molar-refractivity contribution in [2.75, 3.05) is 6.61 Å². The zero-order valence-corrected chi connectivity index (χ0v) is 11.2. The number of esters is 1. The number of carbonyl (C=O) groups excluding carboxylic acids is 1. The van der Waals surface area contributed by atoms with Gasteiger partial charge in [0.05, 0.1) is 6.61 Å². The highest BCUT2D eigenvalue weighted by atomic mass is 79.9. The minimum absolute atomic E-state index is 0.149. The van der Waals surface area contributed by atoms with Gasteiger partial charge in [0.2, 0.25) is 0 Å². The highest BCUT2D eigenvalue weighted by molar-refractivity contribution is 9.10. The summed E-state index contributed by atoms with van der Waals surface area (Å²) in [5, 5.41) is 9.26. The van der Waals surface area contributed by atoms with Gasteiger partial charge in [0.15, 0.2) is 5.41 Å². The van der Waals surface area contributed by atoms with Crippen molar-refractivity contribution in [3.8, 4) is 0 Å². The molecule has 1 atom stereocenters. The monoisotopic (exact) mass is 300 g/mol. The predicted octanol–water partition coefficient (Wildman–Crippen LogP) is 2.35. The third-order valence-corrected chi connectivity index (χ3v) is 3.01. The van der Waals surface area contributed by atoms with Crippen molar-refractivity contribution >= 4 is 27.9 Å². The second kappa shape index (κ2) is 5.31. The number of rotatable bonds is 4. The van der Waals surface area contributed by atoms with Crippen LogP contribution in [0, 0.1) is 0 Å². The minimum atomic E-state index is -1.68. The van der Waals surface area contributed by atoms with Crippen molar-refractivity contribution in [2.24, 2.45) is 0 Å². The van der Waals surface area contributed by atoms with E-state index in [1.54, 1.807) is 31.2 Å². The highest BCUT2D eigenvalue weighted by Crippen LogP contribution is 2.28. The maximum atomic E-state index is 11.8. The normalized spacial score (nSPS) is 13.8. The van der Waals surface area contributed by atoms with E-state index in [4.69, 9.17) is 4.74 Å². The van der Waals surface area contributed by atoms with E-state index < -0.39 is 17.4 Å². The van der Waals surface area contributed by atoms with Gasteiger partial charge in [-0.2, -0.15) is 0 Å². The molecular weight excluding hydrogens is 288 g/mol. The zero-order valence-electron chi connectivity index (χ0n) is 9.57. The van der Waals surface area contributed by atoms with Gasteiger partial charge in [-0.05, 0) is 31.5 Å². The lowest BCUT2D eigenvalue weighted by atomic mass is 9.82. The van der Waals surface area contributed by atoms with Crippen LogP contribution in [0.4, 0.5) is 0 Å². The Bertz CT molecular complexity index is 444. The first-order valence-corrected chi connectivity index (χ1v) is 5.89. The highest BCUT2D eigenvalue weighted by Gasteiger charge is 2.44. The molecule has 1 unspecified atom stereocenters. The summed E-state index contributed by atoms with van der Waals surface area (Å²) in [7, 11) is 0. The minimum Gasteiger partial charge on any atom is -0.480 e. The molecule has 0 saturated carbocycles. The van der Waals surface area contributed by atoms with E-state index in [-0.39, 0.29) is 6.61 Å². The fraction of sp³-hybridized carbons (Fsp3) is 0.333. The fourth-order valence-corrected chi connectivity index (χ4v) is 1.80. The molecule has 1 aromatic rings. The first kappa shape index (κ1) is 13.7. The largest absolute Gasteiger partial charge is 0.480 e. The quantitative estimate of drug-likeness (QED) is 0.685. The number of halogens is 1. The van der Waals surface area contributed by atoms with Gasteiger partial charge in [-0.15, -0.1) is 0 Å². The van der Waals surface area contributed by atoms with Crippen molar-refractivity contribution in [3.05, 3.63) is 34.3 Å². The number of hydrogen-bond acceptors (Lipinski definition) is 3. The number of carboxylic acids is 1. The van der Waals surface area contributed by atoms with Gasteiger partial charge in [0, 0.05) is 4.47 Å². The van der Waals surface area contributed by atoms with Crippen molar-refractivity contribution in [3.63, 3.8) is 0 Å². The molecule has 1 N–H and O–H groups in total. The van der Waals surface area contributed by atoms with E-state index in [9.17, 15) is 14.7 Å². The predicted molar refractivity (Wildman–Crippen MR) is 65.8 cm³/mol. The Balaban J connectivity index is 3.25. The molecule has 0 aliphatic rings. The molecule has 4 nitrogen and oxygen atoms in total. The molecule has 0 aliphatic carbocycles. The van der Waals surface area contributed by atoms with Crippen molar-refractivity contribution < 1.29 is 19.4 Å². The molecule has 0 bridgehead atoms. The summed E-state index contributed by atoms with van der Waals surface area (Å²) < 4.78 is 5.54. The van der Waals surface area contributed by atoms with Gasteiger partial charge in [0.25, 0.3) is 0 Å². The Hall–Kier alpha value is -1.36. The lowest BCUT2D eigenvalue weighted by molar-refractivity contribution is -0.160. The standard InChI is InChI=1S/C12H13BrO4/c1-3-17-11(16)12(2,10(14)15)8-5-4-6-9(13)7-8/h4-7H,3H2,1-2H3,(H,14,15). The third kappa shape index (κ3) is 2.66. The number of aliphatic carboxylic acids is 1. The molecule has 0 heterocycles. The second-order valence-corrected chi connectivity index (χ2v) is 4.58. The molecule has 5 heteroatoms. The summed E-state index contributed by atoms with van der Waals surface area (Å²) >= 11 is 3.25. The summed E-state index contributed by atoms with van der Waals surface area (Å²) in [6.45, 7) is 3.13. The van der Waals surface area contributed by atoms with Crippen LogP contribution in [0.25, 0.3) is 0 Å². The summed E-state index contributed by atoms with van der Waals surface area (Å²) in [6, 6.07) is 6.64. The third-order valence-electron chi connectivity index (χ3n) is 2.51. The van der Waals surface area contributed by atoms with Crippen LogP contribution in [-0.4, -0.2) is 23.7 Å². The topological polar surface area (TPSA) is 63.6 Å². The van der Waals surface area contributed by atoms with E-state index in [1.807, 2.05) is 0 Å². The molecule has 1 rings (SSSR count). The molecule has 0 aromatic heterocycles. The number of ether oxygens (including phenoxy) is 1. The second-order valence-electron chi connectivity index (χ2n) is 3.66. The van der Waals surface area contributed by atoms with Crippen LogP contribution in [0.15, 0.2) is 28.7 Å². The van der Waals surface area contributed by atoms with E-state index in [0.29, 0.717) is 10.0 Å². The van der Waals surface area contributed by atoms with Crippen molar-refractivity contribution in [1.29, 1.82) is 0 Å². The lowest BCUT2D eigenvalue weighted by Gasteiger charge is -2.23. The number of carboxylic acid groups (broad SMARTS) is 1. The molecular formula is C12H13BrO4. The first-order chi connectivity index (χ1) is 7.92. The van der Waals surface area contributed by atoms with Gasteiger partial charge >= 0.3 is 11.9 Å². The SMILES string of the molecule is CCOC(=O)C(C)(C(=O)O)c1cccc(Br)c1. The van der Waals surface area contributed by atoms with E-state index in [1.165, 1.54) is 6.92 Å². The van der Waals surface area contributed by atoms with Crippen LogP contribution >= 0.6 is 15.9 Å². The number of benzene rings is 1. The summed E-state index contributed by atoms with van der Waals surface area (Å²) in [5.74, 6) is -1.99. The lowest BCUT2D eigenvalue weighted by Crippen LogP contribution is -2.42. The summed E-state index contributed by atoms with van der Waals surface area (Å²) in [6.07, 6.45) is 0. The van der Waals surface area contributed by atoms with Gasteiger partial charge in [0.1, 0.15) is 0 Å². The average molecular weight is 301 g/mol. The Morgan fingerprint density at radius 1 is 1.47 bits per heavy atom. The Morgan fingerprint density at radius 2 is 2.12 bits per heavy atom. The van der Waals surface area contributed by atoms with Gasteiger partial charge < -0.3 is 9.84 Å².